The first kappa shape index (κ1) is 24.1. The Morgan fingerprint density at radius 2 is 1.80 bits per heavy atom. The van der Waals surface area contributed by atoms with Gasteiger partial charge < -0.3 is 20.4 Å². The molecule has 176 valence electrons. The SMILES string of the molecule is C#Cc1cccc(-c2cc(=O)n(C)c3ccc([C@@](O)(/C(=C/N)N(C)N)c4ccc(Cl)cc4)cc23)c1. The molecular formula is C28H25ClN4O2. The van der Waals surface area contributed by atoms with Gasteiger partial charge in [0.05, 0.1) is 11.2 Å². The predicted molar refractivity (Wildman–Crippen MR) is 141 cm³/mol. The summed E-state index contributed by atoms with van der Waals surface area (Å²) in [5.41, 5.74) is 8.25. The lowest BCUT2D eigenvalue weighted by Gasteiger charge is -2.35. The van der Waals surface area contributed by atoms with Gasteiger partial charge in [0.2, 0.25) is 0 Å². The number of halogens is 1. The maximum absolute atomic E-state index is 12.8. The number of nitrogens with two attached hydrogens (primary N) is 2. The molecule has 0 fully saturated rings. The average molecular weight is 485 g/mol. The lowest BCUT2D eigenvalue weighted by atomic mass is 9.82. The van der Waals surface area contributed by atoms with Gasteiger partial charge in [0.1, 0.15) is 0 Å². The van der Waals surface area contributed by atoms with Gasteiger partial charge in [-0.15, -0.1) is 6.42 Å². The van der Waals surface area contributed by atoms with E-state index in [9.17, 15) is 9.90 Å². The Labute approximate surface area is 208 Å². The van der Waals surface area contributed by atoms with E-state index in [1.165, 1.54) is 11.2 Å². The molecule has 7 heteroatoms. The second-order valence-electron chi connectivity index (χ2n) is 8.29. The number of benzene rings is 3. The van der Waals surface area contributed by atoms with Crippen LogP contribution in [-0.4, -0.2) is 21.7 Å². The molecular weight excluding hydrogens is 460 g/mol. The molecule has 0 amide bonds. The van der Waals surface area contributed by atoms with Crippen LogP contribution in [0.2, 0.25) is 5.02 Å². The van der Waals surface area contributed by atoms with E-state index in [1.807, 2.05) is 30.3 Å². The minimum absolute atomic E-state index is 0.163. The number of pyridine rings is 1. The van der Waals surface area contributed by atoms with Crippen LogP contribution in [0.1, 0.15) is 16.7 Å². The number of hydrazine groups is 1. The summed E-state index contributed by atoms with van der Waals surface area (Å²) in [6, 6.07) is 21.2. The van der Waals surface area contributed by atoms with Crippen LogP contribution in [-0.2, 0) is 12.6 Å². The van der Waals surface area contributed by atoms with E-state index in [0.29, 0.717) is 32.8 Å². The second-order valence-corrected chi connectivity index (χ2v) is 8.73. The largest absolute Gasteiger partial charge is 0.403 e. The van der Waals surface area contributed by atoms with E-state index in [4.69, 9.17) is 29.6 Å². The fraction of sp³-hybridized carbons (Fsp3) is 0.107. The third kappa shape index (κ3) is 4.17. The smallest absolute Gasteiger partial charge is 0.251 e. The van der Waals surface area contributed by atoms with Gasteiger partial charge in [0.25, 0.3) is 5.56 Å². The zero-order valence-electron chi connectivity index (χ0n) is 19.4. The van der Waals surface area contributed by atoms with Crippen LogP contribution < -0.4 is 17.1 Å². The molecule has 35 heavy (non-hydrogen) atoms. The first-order valence-electron chi connectivity index (χ1n) is 10.8. The number of aliphatic hydroxyl groups is 1. The Morgan fingerprint density at radius 1 is 1.11 bits per heavy atom. The molecule has 0 bridgehead atoms. The summed E-state index contributed by atoms with van der Waals surface area (Å²) in [7, 11) is 3.30. The molecule has 0 radical (unpaired) electrons. The van der Waals surface area contributed by atoms with Gasteiger partial charge in [-0.3, -0.25) is 4.79 Å². The number of aryl methyl sites for hydroxylation is 1. The van der Waals surface area contributed by atoms with Crippen molar-refractivity contribution in [1.29, 1.82) is 0 Å². The molecule has 0 saturated heterocycles. The van der Waals surface area contributed by atoms with E-state index in [2.05, 4.69) is 5.92 Å². The molecule has 0 aliphatic heterocycles. The maximum atomic E-state index is 12.8. The molecule has 3 aromatic carbocycles. The predicted octanol–water partition coefficient (Wildman–Crippen LogP) is 3.68. The van der Waals surface area contributed by atoms with Crippen molar-refractivity contribution in [2.45, 2.75) is 5.60 Å². The average Bonchev–Trinajstić information content (AvgIpc) is 2.86. The van der Waals surface area contributed by atoms with Gasteiger partial charge in [-0.1, -0.05) is 47.9 Å². The van der Waals surface area contributed by atoms with Crippen molar-refractivity contribution in [3.05, 3.63) is 117 Å². The Balaban J connectivity index is 2.07. The number of likely N-dealkylation sites (N-methyl/N-ethyl adjacent to an activating group) is 1. The van der Waals surface area contributed by atoms with Gasteiger partial charge in [-0.25, -0.2) is 5.84 Å². The van der Waals surface area contributed by atoms with Crippen molar-refractivity contribution in [3.8, 4) is 23.5 Å². The molecule has 5 N–H and O–H groups in total. The molecule has 0 saturated carbocycles. The van der Waals surface area contributed by atoms with Crippen LogP contribution in [0.3, 0.4) is 0 Å². The summed E-state index contributed by atoms with van der Waals surface area (Å²) >= 11 is 6.11. The fourth-order valence-electron chi connectivity index (χ4n) is 4.35. The molecule has 0 spiro atoms. The van der Waals surface area contributed by atoms with Crippen LogP contribution in [0.25, 0.3) is 22.0 Å². The van der Waals surface area contributed by atoms with Gasteiger partial charge in [-0.2, -0.15) is 0 Å². The van der Waals surface area contributed by atoms with Crippen LogP contribution >= 0.6 is 11.6 Å². The first-order valence-corrected chi connectivity index (χ1v) is 11.2. The number of hydrogen-bond donors (Lipinski definition) is 3. The van der Waals surface area contributed by atoms with Gasteiger partial charge in [0, 0.05) is 42.3 Å². The number of terminal acetylenes is 1. The monoisotopic (exact) mass is 484 g/mol. The maximum Gasteiger partial charge on any atom is 0.251 e. The second kappa shape index (κ2) is 9.32. The van der Waals surface area contributed by atoms with Crippen LogP contribution in [0.5, 0.6) is 0 Å². The number of aromatic nitrogens is 1. The topological polar surface area (TPSA) is 97.5 Å². The molecule has 6 nitrogen and oxygen atoms in total. The van der Waals surface area contributed by atoms with Crippen LogP contribution in [0.4, 0.5) is 0 Å². The number of fused-ring (bicyclic) bond motifs is 1. The van der Waals surface area contributed by atoms with E-state index in [0.717, 1.165) is 10.9 Å². The highest BCUT2D eigenvalue weighted by Crippen LogP contribution is 2.40. The van der Waals surface area contributed by atoms with Crippen LogP contribution in [0, 0.1) is 12.3 Å². The van der Waals surface area contributed by atoms with Crippen LogP contribution in [0.15, 0.2) is 89.5 Å². The highest BCUT2D eigenvalue weighted by Gasteiger charge is 2.38. The summed E-state index contributed by atoms with van der Waals surface area (Å²) in [6.45, 7) is 0. The lowest BCUT2D eigenvalue weighted by molar-refractivity contribution is 0.0880. The molecule has 4 aromatic rings. The van der Waals surface area contributed by atoms with Crippen molar-refractivity contribution in [1.82, 2.24) is 9.58 Å². The van der Waals surface area contributed by atoms with Gasteiger partial charge in [0.15, 0.2) is 5.60 Å². The number of hydrogen-bond acceptors (Lipinski definition) is 5. The summed E-state index contributed by atoms with van der Waals surface area (Å²) < 4.78 is 1.56. The van der Waals surface area contributed by atoms with Gasteiger partial charge >= 0.3 is 0 Å². The summed E-state index contributed by atoms with van der Waals surface area (Å²) in [6.07, 6.45) is 6.88. The minimum atomic E-state index is -1.70. The number of rotatable bonds is 5. The quantitative estimate of drug-likeness (QED) is 0.228. The fourth-order valence-corrected chi connectivity index (χ4v) is 4.47. The number of nitrogens with zero attached hydrogens (tertiary/aromatic N) is 2. The van der Waals surface area contributed by atoms with Crippen molar-refractivity contribution in [2.24, 2.45) is 18.6 Å². The van der Waals surface area contributed by atoms with E-state index < -0.39 is 5.60 Å². The molecule has 0 unspecified atom stereocenters. The van der Waals surface area contributed by atoms with E-state index in [1.54, 1.807) is 61.1 Å². The first-order chi connectivity index (χ1) is 16.7. The molecule has 0 aliphatic rings. The summed E-state index contributed by atoms with van der Waals surface area (Å²) in [4.78, 5) is 12.8. The molecule has 0 aliphatic carbocycles. The normalized spacial score (nSPS) is 13.3. The zero-order chi connectivity index (χ0) is 25.3. The molecule has 1 aromatic heterocycles. The molecule has 4 rings (SSSR count). The highest BCUT2D eigenvalue weighted by molar-refractivity contribution is 6.30. The standard InChI is InChI=1S/C28H25ClN4O2/c1-4-18-6-5-7-19(14-18)23-16-27(34)32(2)25-13-10-21(15-24(23)25)28(35,26(17-30)33(3)31)20-8-11-22(29)12-9-20/h1,5-17,35H,30-31H2,2-3H3/b26-17-/t28-/m1/s1. The Morgan fingerprint density at radius 3 is 2.43 bits per heavy atom. The van der Waals surface area contributed by atoms with E-state index in [-0.39, 0.29) is 11.3 Å². The summed E-state index contributed by atoms with van der Waals surface area (Å²) in [5.74, 6) is 8.72. The van der Waals surface area contributed by atoms with Crippen molar-refractivity contribution in [2.75, 3.05) is 7.05 Å². The zero-order valence-corrected chi connectivity index (χ0v) is 20.1. The highest BCUT2D eigenvalue weighted by atomic mass is 35.5. The minimum Gasteiger partial charge on any atom is -0.403 e. The van der Waals surface area contributed by atoms with E-state index >= 15 is 0 Å². The Hall–Kier alpha value is -4.02. The summed E-state index contributed by atoms with van der Waals surface area (Å²) in [5, 5.41) is 14.7. The van der Waals surface area contributed by atoms with Gasteiger partial charge in [-0.05, 0) is 58.7 Å². The lowest BCUT2D eigenvalue weighted by Crippen LogP contribution is -2.41. The Bertz CT molecular complexity index is 1550. The van der Waals surface area contributed by atoms with Crippen molar-refractivity contribution in [3.63, 3.8) is 0 Å². The third-order valence-electron chi connectivity index (χ3n) is 6.18. The van der Waals surface area contributed by atoms with Crippen molar-refractivity contribution >= 4 is 22.5 Å². The third-order valence-corrected chi connectivity index (χ3v) is 6.43. The molecule has 1 heterocycles. The molecule has 1 atom stereocenters. The Kier molecular flexibility index (Phi) is 6.42. The van der Waals surface area contributed by atoms with Crippen molar-refractivity contribution < 1.29 is 5.11 Å².